The maximum Gasteiger partial charge on any atom is 0.0535 e. The zero-order chi connectivity index (χ0) is 11.4. The van der Waals surface area contributed by atoms with Crippen molar-refractivity contribution in [1.29, 1.82) is 0 Å². The molecule has 0 spiro atoms. The van der Waals surface area contributed by atoms with Crippen molar-refractivity contribution in [2.75, 3.05) is 12.8 Å². The number of hydrogen-bond acceptors (Lipinski definition) is 3. The molecule has 0 aliphatic carbocycles. The molecule has 1 atom stereocenters. The normalized spacial score (nSPS) is 12.6. The number of rotatable bonds is 4. The number of aromatic amines is 1. The van der Waals surface area contributed by atoms with Crippen LogP contribution in [0.1, 0.15) is 17.2 Å². The van der Waals surface area contributed by atoms with E-state index < -0.39 is 0 Å². The fourth-order valence-corrected chi connectivity index (χ4v) is 1.78. The van der Waals surface area contributed by atoms with E-state index in [9.17, 15) is 0 Å². The zero-order valence-electron chi connectivity index (χ0n) is 9.27. The highest BCUT2D eigenvalue weighted by Gasteiger charge is 2.12. The number of nitrogen functional groups attached to an aromatic ring is 1. The van der Waals surface area contributed by atoms with Crippen molar-refractivity contribution in [2.24, 2.45) is 0 Å². The van der Waals surface area contributed by atoms with Crippen LogP contribution in [0.3, 0.4) is 0 Å². The molecule has 0 amide bonds. The van der Waals surface area contributed by atoms with E-state index in [0.717, 1.165) is 23.2 Å². The average molecular weight is 216 g/mol. The molecule has 0 aliphatic rings. The van der Waals surface area contributed by atoms with Crippen LogP contribution >= 0.6 is 0 Å². The van der Waals surface area contributed by atoms with E-state index >= 15 is 0 Å². The van der Waals surface area contributed by atoms with Crippen LogP contribution in [0.15, 0.2) is 36.7 Å². The molecule has 1 heterocycles. The minimum Gasteiger partial charge on any atom is -0.399 e. The molecule has 0 saturated carbocycles. The topological polar surface area (TPSA) is 66.7 Å². The Morgan fingerprint density at radius 1 is 1.44 bits per heavy atom. The molecule has 2 rings (SSSR count). The van der Waals surface area contributed by atoms with Gasteiger partial charge in [0, 0.05) is 23.5 Å². The molecule has 1 unspecified atom stereocenters. The molecule has 4 N–H and O–H groups in total. The number of nitrogens with zero attached hydrogens (tertiary/aromatic N) is 1. The predicted molar refractivity (Wildman–Crippen MR) is 64.9 cm³/mol. The van der Waals surface area contributed by atoms with Gasteiger partial charge in [-0.2, -0.15) is 5.10 Å². The van der Waals surface area contributed by atoms with Gasteiger partial charge in [-0.15, -0.1) is 0 Å². The minimum absolute atomic E-state index is 0.239. The van der Waals surface area contributed by atoms with Crippen molar-refractivity contribution in [2.45, 2.75) is 12.5 Å². The van der Waals surface area contributed by atoms with Crippen LogP contribution in [0.5, 0.6) is 0 Å². The van der Waals surface area contributed by atoms with Crippen LogP contribution < -0.4 is 11.1 Å². The Kier molecular flexibility index (Phi) is 3.22. The fourth-order valence-electron chi connectivity index (χ4n) is 1.78. The van der Waals surface area contributed by atoms with Crippen molar-refractivity contribution in [3.63, 3.8) is 0 Å². The van der Waals surface area contributed by atoms with Crippen LogP contribution in [-0.4, -0.2) is 17.2 Å². The summed E-state index contributed by atoms with van der Waals surface area (Å²) >= 11 is 0. The number of nitrogens with two attached hydrogens (primary N) is 1. The smallest absolute Gasteiger partial charge is 0.0535 e. The summed E-state index contributed by atoms with van der Waals surface area (Å²) in [5.41, 5.74) is 9.06. The number of anilines is 1. The lowest BCUT2D eigenvalue weighted by Gasteiger charge is -2.15. The Hall–Kier alpha value is -1.81. The summed E-state index contributed by atoms with van der Waals surface area (Å²) in [7, 11) is 1.94. The fraction of sp³-hybridized carbons (Fsp3) is 0.250. The van der Waals surface area contributed by atoms with Crippen LogP contribution in [0.25, 0.3) is 0 Å². The minimum atomic E-state index is 0.239. The first kappa shape index (κ1) is 10.7. The van der Waals surface area contributed by atoms with Gasteiger partial charge in [0.1, 0.15) is 0 Å². The maximum atomic E-state index is 5.93. The summed E-state index contributed by atoms with van der Waals surface area (Å²) in [4.78, 5) is 0. The number of para-hydroxylation sites is 1. The van der Waals surface area contributed by atoms with Gasteiger partial charge in [0.15, 0.2) is 0 Å². The SMILES string of the molecule is CNC(Cc1ccccc1N)c1cn[nH]c1. The molecule has 2 aromatic rings. The molecule has 1 aromatic carbocycles. The van der Waals surface area contributed by atoms with Crippen LogP contribution in [0, 0.1) is 0 Å². The van der Waals surface area contributed by atoms with Crippen LogP contribution in [-0.2, 0) is 6.42 Å². The van der Waals surface area contributed by atoms with Crippen LogP contribution in [0.4, 0.5) is 5.69 Å². The Balaban J connectivity index is 2.17. The average Bonchev–Trinajstić information content (AvgIpc) is 2.81. The van der Waals surface area contributed by atoms with E-state index in [1.807, 2.05) is 37.6 Å². The lowest BCUT2D eigenvalue weighted by molar-refractivity contribution is 0.593. The largest absolute Gasteiger partial charge is 0.399 e. The van der Waals surface area contributed by atoms with Gasteiger partial charge in [0.05, 0.1) is 6.20 Å². The predicted octanol–water partition coefficient (Wildman–Crippen LogP) is 1.50. The highest BCUT2D eigenvalue weighted by Crippen LogP contribution is 2.20. The summed E-state index contributed by atoms with van der Waals surface area (Å²) in [6, 6.07) is 8.18. The second-order valence-corrected chi connectivity index (χ2v) is 3.78. The molecule has 84 valence electrons. The number of nitrogens with one attached hydrogen (secondary N) is 2. The third-order valence-electron chi connectivity index (χ3n) is 2.75. The standard InChI is InChI=1S/C12H16N4/c1-14-12(10-7-15-16-8-10)6-9-4-2-3-5-11(9)13/h2-5,7-8,12,14H,6,13H2,1H3,(H,15,16). The van der Waals surface area contributed by atoms with Crippen molar-refractivity contribution >= 4 is 5.69 Å². The number of aromatic nitrogens is 2. The van der Waals surface area contributed by atoms with Crippen molar-refractivity contribution in [3.8, 4) is 0 Å². The number of likely N-dealkylation sites (N-methyl/N-ethyl adjacent to an activating group) is 1. The third-order valence-corrected chi connectivity index (χ3v) is 2.75. The van der Waals surface area contributed by atoms with Crippen molar-refractivity contribution < 1.29 is 0 Å². The van der Waals surface area contributed by atoms with Crippen molar-refractivity contribution in [3.05, 3.63) is 47.8 Å². The van der Waals surface area contributed by atoms with Gasteiger partial charge in [-0.1, -0.05) is 18.2 Å². The molecule has 4 heteroatoms. The van der Waals surface area contributed by atoms with E-state index in [0.29, 0.717) is 0 Å². The Bertz CT molecular complexity index is 436. The molecule has 0 saturated heterocycles. The van der Waals surface area contributed by atoms with Gasteiger partial charge in [0.2, 0.25) is 0 Å². The van der Waals surface area contributed by atoms with E-state index in [1.165, 1.54) is 0 Å². The zero-order valence-corrected chi connectivity index (χ0v) is 9.27. The first-order chi connectivity index (χ1) is 7.81. The van der Waals surface area contributed by atoms with E-state index in [4.69, 9.17) is 5.73 Å². The molecule has 0 bridgehead atoms. The van der Waals surface area contributed by atoms with E-state index in [2.05, 4.69) is 21.6 Å². The first-order valence-electron chi connectivity index (χ1n) is 5.30. The summed E-state index contributed by atoms with van der Waals surface area (Å²) in [5, 5.41) is 10.0. The van der Waals surface area contributed by atoms with Gasteiger partial charge in [-0.25, -0.2) is 0 Å². The van der Waals surface area contributed by atoms with Gasteiger partial charge < -0.3 is 11.1 Å². The van der Waals surface area contributed by atoms with E-state index in [-0.39, 0.29) is 6.04 Å². The molecule has 16 heavy (non-hydrogen) atoms. The summed E-state index contributed by atoms with van der Waals surface area (Å²) < 4.78 is 0. The number of benzene rings is 1. The molecule has 4 nitrogen and oxygen atoms in total. The lowest BCUT2D eigenvalue weighted by atomic mass is 10.0. The number of hydrogen-bond donors (Lipinski definition) is 3. The molecule has 1 aromatic heterocycles. The summed E-state index contributed by atoms with van der Waals surface area (Å²) in [6.45, 7) is 0. The lowest BCUT2D eigenvalue weighted by Crippen LogP contribution is -2.18. The highest BCUT2D eigenvalue weighted by atomic mass is 15.1. The molecule has 0 aliphatic heterocycles. The van der Waals surface area contributed by atoms with E-state index in [1.54, 1.807) is 0 Å². The quantitative estimate of drug-likeness (QED) is 0.678. The van der Waals surface area contributed by atoms with Crippen LogP contribution in [0.2, 0.25) is 0 Å². The molecular formula is C12H16N4. The molecule has 0 fully saturated rings. The number of H-pyrrole nitrogens is 1. The summed E-state index contributed by atoms with van der Waals surface area (Å²) in [5.74, 6) is 0. The monoisotopic (exact) mass is 216 g/mol. The van der Waals surface area contributed by atoms with Gasteiger partial charge in [-0.3, -0.25) is 5.10 Å². The Morgan fingerprint density at radius 2 is 2.25 bits per heavy atom. The molecular weight excluding hydrogens is 200 g/mol. The molecule has 0 radical (unpaired) electrons. The second-order valence-electron chi connectivity index (χ2n) is 3.78. The Labute approximate surface area is 94.9 Å². The maximum absolute atomic E-state index is 5.93. The first-order valence-corrected chi connectivity index (χ1v) is 5.30. The van der Waals surface area contributed by atoms with Gasteiger partial charge in [-0.05, 0) is 25.1 Å². The second kappa shape index (κ2) is 4.81. The van der Waals surface area contributed by atoms with Gasteiger partial charge in [0.25, 0.3) is 0 Å². The highest BCUT2D eigenvalue weighted by molar-refractivity contribution is 5.47. The van der Waals surface area contributed by atoms with Crippen molar-refractivity contribution in [1.82, 2.24) is 15.5 Å². The Morgan fingerprint density at radius 3 is 2.88 bits per heavy atom. The van der Waals surface area contributed by atoms with Gasteiger partial charge >= 0.3 is 0 Å². The third kappa shape index (κ3) is 2.23. The summed E-state index contributed by atoms with van der Waals surface area (Å²) in [6.07, 6.45) is 4.60.